The van der Waals surface area contributed by atoms with Crippen LogP contribution in [-0.4, -0.2) is 34.8 Å². The molecule has 0 aliphatic carbocycles. The third-order valence-corrected chi connectivity index (χ3v) is 7.32. The van der Waals surface area contributed by atoms with Crippen LogP contribution >= 0.6 is 11.8 Å². The van der Waals surface area contributed by atoms with Gasteiger partial charge >= 0.3 is 0 Å². The lowest BCUT2D eigenvalue weighted by Crippen LogP contribution is -2.15. The average Bonchev–Trinajstić information content (AvgIpc) is 3.14. The van der Waals surface area contributed by atoms with Crippen LogP contribution in [0.3, 0.4) is 0 Å². The van der Waals surface area contributed by atoms with E-state index in [2.05, 4.69) is 29.4 Å². The quantitative estimate of drug-likeness (QED) is 0.485. The molecule has 0 unspecified atom stereocenters. The van der Waals surface area contributed by atoms with Crippen molar-refractivity contribution in [1.29, 1.82) is 0 Å². The minimum absolute atomic E-state index is 0.148. The van der Waals surface area contributed by atoms with Crippen molar-refractivity contribution < 1.29 is 13.2 Å². The molecule has 1 N–H and O–H groups in total. The molecule has 0 fully saturated rings. The third-order valence-electron chi connectivity index (χ3n) is 4.72. The van der Waals surface area contributed by atoms with Crippen molar-refractivity contribution in [3.05, 3.63) is 66.0 Å². The number of hydrogen-bond acceptors (Lipinski definition) is 6. The van der Waals surface area contributed by atoms with E-state index in [-0.39, 0.29) is 22.3 Å². The van der Waals surface area contributed by atoms with Crippen molar-refractivity contribution >= 4 is 33.2 Å². The van der Waals surface area contributed by atoms with Gasteiger partial charge in [-0.1, -0.05) is 55.9 Å². The zero-order valence-corrected chi connectivity index (χ0v) is 19.4. The number of carbonyl (C=O) groups excluding carboxylic acids is 1. The number of carbonyl (C=O) groups is 1. The summed E-state index contributed by atoms with van der Waals surface area (Å²) in [5, 5.41) is 11.6. The van der Waals surface area contributed by atoms with Gasteiger partial charge in [0.05, 0.1) is 10.6 Å². The molecule has 1 aromatic heterocycles. The molecule has 0 aliphatic heterocycles. The Morgan fingerprint density at radius 3 is 2.35 bits per heavy atom. The highest BCUT2D eigenvalue weighted by molar-refractivity contribution is 7.99. The molecule has 0 atom stereocenters. The summed E-state index contributed by atoms with van der Waals surface area (Å²) < 4.78 is 27.1. The average molecular weight is 459 g/mol. The lowest BCUT2D eigenvalue weighted by atomic mass is 10.0. The second-order valence-corrected chi connectivity index (χ2v) is 10.3. The molecule has 9 heteroatoms. The second kappa shape index (κ2) is 10.1. The number of amides is 1. The van der Waals surface area contributed by atoms with Crippen LogP contribution in [0.25, 0.3) is 0 Å². The van der Waals surface area contributed by atoms with E-state index in [9.17, 15) is 13.2 Å². The number of benzene rings is 2. The fourth-order valence-electron chi connectivity index (χ4n) is 3.01. The molecule has 1 heterocycles. The molecule has 1 amide bonds. The maximum Gasteiger partial charge on any atom is 0.234 e. The van der Waals surface area contributed by atoms with E-state index in [0.717, 1.165) is 5.69 Å². The van der Waals surface area contributed by atoms with E-state index < -0.39 is 9.84 Å². The van der Waals surface area contributed by atoms with E-state index in [1.165, 1.54) is 17.3 Å². The van der Waals surface area contributed by atoms with Gasteiger partial charge < -0.3 is 9.88 Å². The molecule has 7 nitrogen and oxygen atoms in total. The van der Waals surface area contributed by atoms with Crippen LogP contribution in [-0.2, 0) is 26.9 Å². The van der Waals surface area contributed by atoms with Gasteiger partial charge in [-0.15, -0.1) is 10.2 Å². The van der Waals surface area contributed by atoms with Gasteiger partial charge in [-0.2, -0.15) is 0 Å². The Labute approximate surface area is 187 Å². The Kier molecular flexibility index (Phi) is 7.50. The van der Waals surface area contributed by atoms with Crippen LogP contribution in [0.15, 0.2) is 64.6 Å². The third kappa shape index (κ3) is 5.95. The molecule has 0 saturated carbocycles. The zero-order chi connectivity index (χ0) is 22.4. The lowest BCUT2D eigenvalue weighted by molar-refractivity contribution is -0.113. The van der Waals surface area contributed by atoms with Crippen LogP contribution in [0.4, 0.5) is 5.69 Å². The Bertz CT molecular complexity index is 1130. The van der Waals surface area contributed by atoms with Crippen molar-refractivity contribution in [3.63, 3.8) is 0 Å². The summed E-state index contributed by atoms with van der Waals surface area (Å²) in [6.45, 7) is 6.64. The van der Waals surface area contributed by atoms with Gasteiger partial charge in [0.25, 0.3) is 0 Å². The van der Waals surface area contributed by atoms with Crippen molar-refractivity contribution in [2.75, 3.05) is 11.1 Å². The Morgan fingerprint density at radius 1 is 1.06 bits per heavy atom. The molecule has 31 heavy (non-hydrogen) atoms. The summed E-state index contributed by atoms with van der Waals surface area (Å²) in [7, 11) is -3.53. The Balaban J connectivity index is 1.63. The van der Waals surface area contributed by atoms with Gasteiger partial charge in [0.15, 0.2) is 15.0 Å². The molecule has 164 valence electrons. The van der Waals surface area contributed by atoms with Gasteiger partial charge in [0, 0.05) is 12.2 Å². The van der Waals surface area contributed by atoms with E-state index in [0.29, 0.717) is 23.4 Å². The van der Waals surface area contributed by atoms with Crippen molar-refractivity contribution in [2.45, 2.75) is 49.0 Å². The van der Waals surface area contributed by atoms with E-state index in [4.69, 9.17) is 0 Å². The van der Waals surface area contributed by atoms with Crippen LogP contribution in [0, 0.1) is 0 Å². The smallest absolute Gasteiger partial charge is 0.234 e. The van der Waals surface area contributed by atoms with Gasteiger partial charge in [-0.3, -0.25) is 4.79 Å². The van der Waals surface area contributed by atoms with E-state index in [1.54, 1.807) is 34.9 Å². The minimum Gasteiger partial charge on any atom is -0.325 e. The van der Waals surface area contributed by atoms with Crippen LogP contribution in [0.5, 0.6) is 0 Å². The molecular formula is C22H26N4O3S2. The normalized spacial score (nSPS) is 11.6. The first-order chi connectivity index (χ1) is 14.8. The first kappa shape index (κ1) is 23.0. The number of sulfone groups is 1. The Morgan fingerprint density at radius 2 is 1.74 bits per heavy atom. The highest BCUT2D eigenvalue weighted by atomic mass is 32.2. The van der Waals surface area contributed by atoms with Crippen molar-refractivity contribution in [3.8, 4) is 0 Å². The summed E-state index contributed by atoms with van der Waals surface area (Å²) in [4.78, 5) is 12.6. The molecule has 0 spiro atoms. The number of rotatable bonds is 9. The molecule has 0 saturated heterocycles. The predicted octanol–water partition coefficient (Wildman–Crippen LogP) is 4.13. The van der Waals surface area contributed by atoms with Gasteiger partial charge in [0.1, 0.15) is 11.6 Å². The standard InChI is InChI=1S/C22H26N4O3S2/c1-4-26-20(15-31(28,29)19-8-6-5-7-9-19)24-25-22(26)30-14-21(27)23-18-12-10-17(11-13-18)16(2)3/h5-13,16H,4,14-15H2,1-3H3,(H,23,27). The van der Waals surface area contributed by atoms with Crippen LogP contribution in [0.1, 0.15) is 38.1 Å². The van der Waals surface area contributed by atoms with Gasteiger partial charge in [0.2, 0.25) is 5.91 Å². The number of aromatic nitrogens is 3. The maximum absolute atomic E-state index is 12.7. The summed E-state index contributed by atoms with van der Waals surface area (Å²) in [5.41, 5.74) is 1.95. The first-order valence-corrected chi connectivity index (χ1v) is 12.7. The number of hydrogen-bond donors (Lipinski definition) is 1. The number of thioether (sulfide) groups is 1. The largest absolute Gasteiger partial charge is 0.325 e. The number of nitrogens with zero attached hydrogens (tertiary/aromatic N) is 3. The lowest BCUT2D eigenvalue weighted by Gasteiger charge is -2.09. The SMILES string of the molecule is CCn1c(CS(=O)(=O)c2ccccc2)nnc1SCC(=O)Nc1ccc(C(C)C)cc1. The summed E-state index contributed by atoms with van der Waals surface area (Å²) in [5.74, 6) is 0.535. The molecular weight excluding hydrogens is 432 g/mol. The summed E-state index contributed by atoms with van der Waals surface area (Å²) >= 11 is 1.23. The van der Waals surface area contributed by atoms with Gasteiger partial charge in [-0.05, 0) is 42.7 Å². The van der Waals surface area contributed by atoms with Crippen molar-refractivity contribution in [2.24, 2.45) is 0 Å². The fraction of sp³-hybridized carbons (Fsp3) is 0.318. The first-order valence-electron chi connectivity index (χ1n) is 10.0. The molecule has 0 radical (unpaired) electrons. The number of nitrogens with one attached hydrogen (secondary N) is 1. The van der Waals surface area contributed by atoms with Crippen LogP contribution in [0.2, 0.25) is 0 Å². The second-order valence-electron chi connectivity index (χ2n) is 7.33. The van der Waals surface area contributed by atoms with Crippen molar-refractivity contribution in [1.82, 2.24) is 14.8 Å². The molecule has 3 aromatic rings. The highest BCUT2D eigenvalue weighted by Crippen LogP contribution is 2.22. The molecule has 2 aromatic carbocycles. The molecule has 0 aliphatic rings. The van der Waals surface area contributed by atoms with Gasteiger partial charge in [-0.25, -0.2) is 8.42 Å². The van der Waals surface area contributed by atoms with Crippen LogP contribution < -0.4 is 5.32 Å². The zero-order valence-electron chi connectivity index (χ0n) is 17.8. The highest BCUT2D eigenvalue weighted by Gasteiger charge is 2.21. The van der Waals surface area contributed by atoms with E-state index >= 15 is 0 Å². The molecule has 0 bridgehead atoms. The topological polar surface area (TPSA) is 93.9 Å². The molecule has 3 rings (SSSR count). The Hall–Kier alpha value is -2.65. The van der Waals surface area contributed by atoms with E-state index in [1.807, 2.05) is 31.2 Å². The summed E-state index contributed by atoms with van der Waals surface area (Å²) in [6.07, 6.45) is 0. The number of anilines is 1. The predicted molar refractivity (Wildman–Crippen MR) is 123 cm³/mol. The summed E-state index contributed by atoms with van der Waals surface area (Å²) in [6, 6.07) is 16.1. The fourth-order valence-corrected chi connectivity index (χ4v) is 5.12. The maximum atomic E-state index is 12.7. The minimum atomic E-state index is -3.53. The monoisotopic (exact) mass is 458 g/mol.